The van der Waals surface area contributed by atoms with Gasteiger partial charge < -0.3 is 0 Å². The summed E-state index contributed by atoms with van der Waals surface area (Å²) in [5.41, 5.74) is 2.63. The molecular weight excluding hydrogens is 305 g/mol. The minimum absolute atomic E-state index is 0.268. The van der Waals surface area contributed by atoms with Crippen LogP contribution in [-0.2, 0) is 0 Å². The third-order valence-corrected chi connectivity index (χ3v) is 3.57. The average molecular weight is 317 g/mol. The summed E-state index contributed by atoms with van der Waals surface area (Å²) in [6.45, 7) is 0. The molecule has 24 heavy (non-hydrogen) atoms. The van der Waals surface area contributed by atoms with Gasteiger partial charge in [-0.1, -0.05) is 36.4 Å². The molecule has 0 radical (unpaired) electrons. The van der Waals surface area contributed by atoms with Crippen LogP contribution in [0.15, 0.2) is 72.9 Å². The van der Waals surface area contributed by atoms with Crippen molar-refractivity contribution in [1.29, 1.82) is 0 Å². The molecule has 0 spiro atoms. The van der Waals surface area contributed by atoms with E-state index in [9.17, 15) is 4.39 Å². The molecule has 0 unspecified atom stereocenters. The van der Waals surface area contributed by atoms with Gasteiger partial charge in [-0.25, -0.2) is 4.39 Å². The van der Waals surface area contributed by atoms with Gasteiger partial charge in [0.15, 0.2) is 0 Å². The number of aromatic nitrogens is 5. The van der Waals surface area contributed by atoms with Gasteiger partial charge in [0.25, 0.3) is 0 Å². The minimum atomic E-state index is -0.268. The Hall–Kier alpha value is -3.41. The van der Waals surface area contributed by atoms with Crippen LogP contribution in [0.1, 0.15) is 0 Å². The van der Waals surface area contributed by atoms with Crippen molar-refractivity contribution in [2.24, 2.45) is 0 Å². The van der Waals surface area contributed by atoms with E-state index in [0.29, 0.717) is 22.8 Å². The molecule has 5 nitrogen and oxygen atoms in total. The number of nitrogens with zero attached hydrogens (tertiary/aromatic N) is 5. The van der Waals surface area contributed by atoms with Crippen LogP contribution in [-0.4, -0.2) is 25.2 Å². The van der Waals surface area contributed by atoms with Gasteiger partial charge >= 0.3 is 0 Å². The van der Waals surface area contributed by atoms with Crippen molar-refractivity contribution in [3.8, 4) is 28.3 Å². The Kier molecular flexibility index (Phi) is 3.55. The Morgan fingerprint density at radius 3 is 2.58 bits per heavy atom. The molecule has 2 aromatic carbocycles. The molecule has 0 N–H and O–H groups in total. The first-order valence-corrected chi connectivity index (χ1v) is 7.38. The fraction of sp³-hybridized carbons (Fsp3) is 0. The van der Waals surface area contributed by atoms with Gasteiger partial charge in [-0.15, -0.1) is 15.0 Å². The van der Waals surface area contributed by atoms with E-state index >= 15 is 0 Å². The van der Waals surface area contributed by atoms with Crippen LogP contribution in [0.3, 0.4) is 0 Å². The third-order valence-electron chi connectivity index (χ3n) is 3.57. The van der Waals surface area contributed by atoms with E-state index < -0.39 is 0 Å². The van der Waals surface area contributed by atoms with E-state index in [1.54, 1.807) is 24.4 Å². The van der Waals surface area contributed by atoms with Crippen LogP contribution >= 0.6 is 0 Å². The molecule has 116 valence electrons. The highest BCUT2D eigenvalue weighted by molar-refractivity contribution is 5.66. The second kappa shape index (κ2) is 6.00. The zero-order valence-corrected chi connectivity index (χ0v) is 12.5. The highest BCUT2D eigenvalue weighted by Crippen LogP contribution is 2.24. The number of halogens is 1. The van der Waals surface area contributed by atoms with Gasteiger partial charge in [0.1, 0.15) is 11.5 Å². The molecule has 0 amide bonds. The number of tetrazole rings is 1. The predicted octanol–water partition coefficient (Wildman–Crippen LogP) is 3.53. The van der Waals surface area contributed by atoms with Crippen molar-refractivity contribution >= 4 is 0 Å². The molecule has 4 aromatic rings. The Morgan fingerprint density at radius 2 is 1.75 bits per heavy atom. The normalized spacial score (nSPS) is 10.7. The molecule has 0 aliphatic rings. The van der Waals surface area contributed by atoms with Crippen molar-refractivity contribution < 1.29 is 4.39 Å². The SMILES string of the molecule is Fc1ccccc1-c1cccc(-n2nnc(-c3ccccn3)n2)c1. The summed E-state index contributed by atoms with van der Waals surface area (Å²) in [5.74, 6) is 0.169. The van der Waals surface area contributed by atoms with Gasteiger partial charge in [-0.3, -0.25) is 4.98 Å². The van der Waals surface area contributed by atoms with Gasteiger partial charge in [-0.05, 0) is 41.1 Å². The quantitative estimate of drug-likeness (QED) is 0.580. The van der Waals surface area contributed by atoms with Crippen LogP contribution in [0, 0.1) is 5.82 Å². The lowest BCUT2D eigenvalue weighted by atomic mass is 10.0. The van der Waals surface area contributed by atoms with E-state index in [2.05, 4.69) is 20.4 Å². The van der Waals surface area contributed by atoms with Gasteiger partial charge in [0.05, 0.1) is 5.69 Å². The fourth-order valence-corrected chi connectivity index (χ4v) is 2.41. The van der Waals surface area contributed by atoms with Crippen molar-refractivity contribution in [2.75, 3.05) is 0 Å². The predicted molar refractivity (Wildman–Crippen MR) is 87.8 cm³/mol. The first-order valence-electron chi connectivity index (χ1n) is 7.38. The molecule has 0 aliphatic carbocycles. The summed E-state index contributed by atoms with van der Waals surface area (Å²) in [7, 11) is 0. The molecule has 0 aliphatic heterocycles. The number of benzene rings is 2. The van der Waals surface area contributed by atoms with Gasteiger partial charge in [0, 0.05) is 11.8 Å². The van der Waals surface area contributed by atoms with Crippen LogP contribution in [0.2, 0.25) is 0 Å². The van der Waals surface area contributed by atoms with Crippen molar-refractivity contribution in [3.05, 3.63) is 78.7 Å². The van der Waals surface area contributed by atoms with Crippen LogP contribution in [0.4, 0.5) is 4.39 Å². The zero-order chi connectivity index (χ0) is 16.4. The second-order valence-corrected chi connectivity index (χ2v) is 5.15. The topological polar surface area (TPSA) is 56.5 Å². The average Bonchev–Trinajstić information content (AvgIpc) is 3.13. The van der Waals surface area contributed by atoms with E-state index in [4.69, 9.17) is 0 Å². The molecule has 0 saturated carbocycles. The summed E-state index contributed by atoms with van der Waals surface area (Å²) < 4.78 is 14.0. The first-order chi connectivity index (χ1) is 11.8. The van der Waals surface area contributed by atoms with Crippen molar-refractivity contribution in [3.63, 3.8) is 0 Å². The highest BCUT2D eigenvalue weighted by Gasteiger charge is 2.10. The molecule has 2 heterocycles. The van der Waals surface area contributed by atoms with E-state index in [0.717, 1.165) is 5.56 Å². The summed E-state index contributed by atoms with van der Waals surface area (Å²) in [6, 6.07) is 19.5. The molecule has 2 aromatic heterocycles. The third kappa shape index (κ3) is 2.65. The Balaban J connectivity index is 1.72. The summed E-state index contributed by atoms with van der Waals surface area (Å²) >= 11 is 0. The number of hydrogen-bond donors (Lipinski definition) is 0. The summed E-state index contributed by atoms with van der Waals surface area (Å²) in [6.07, 6.45) is 1.68. The Bertz CT molecular complexity index is 981. The maximum Gasteiger partial charge on any atom is 0.223 e. The molecule has 0 bridgehead atoms. The summed E-state index contributed by atoms with van der Waals surface area (Å²) in [5, 5.41) is 12.4. The van der Waals surface area contributed by atoms with Crippen LogP contribution < -0.4 is 0 Å². The van der Waals surface area contributed by atoms with E-state index in [1.165, 1.54) is 10.9 Å². The highest BCUT2D eigenvalue weighted by atomic mass is 19.1. The lowest BCUT2D eigenvalue weighted by Crippen LogP contribution is -1.99. The number of pyridine rings is 1. The number of rotatable bonds is 3. The van der Waals surface area contributed by atoms with E-state index in [-0.39, 0.29) is 5.82 Å². The smallest absolute Gasteiger partial charge is 0.223 e. The van der Waals surface area contributed by atoms with Gasteiger partial charge in [0.2, 0.25) is 5.82 Å². The minimum Gasteiger partial charge on any atom is -0.253 e. The summed E-state index contributed by atoms with van der Waals surface area (Å²) in [4.78, 5) is 5.62. The molecule has 0 saturated heterocycles. The lowest BCUT2D eigenvalue weighted by molar-refractivity contribution is 0.631. The monoisotopic (exact) mass is 317 g/mol. The first kappa shape index (κ1) is 14.2. The van der Waals surface area contributed by atoms with Crippen LogP contribution in [0.25, 0.3) is 28.3 Å². The second-order valence-electron chi connectivity index (χ2n) is 5.15. The van der Waals surface area contributed by atoms with Crippen molar-refractivity contribution in [2.45, 2.75) is 0 Å². The molecule has 0 atom stereocenters. The standard InChI is InChI=1S/C18H12FN5/c19-16-9-2-1-8-15(16)13-6-5-7-14(12-13)24-22-18(21-23-24)17-10-3-4-11-20-17/h1-12H. The molecular formula is C18H12FN5. The zero-order valence-electron chi connectivity index (χ0n) is 12.5. The Morgan fingerprint density at radius 1 is 0.875 bits per heavy atom. The lowest BCUT2D eigenvalue weighted by Gasteiger charge is -2.05. The number of hydrogen-bond acceptors (Lipinski definition) is 4. The van der Waals surface area contributed by atoms with Crippen molar-refractivity contribution in [1.82, 2.24) is 25.2 Å². The van der Waals surface area contributed by atoms with E-state index in [1.807, 2.05) is 42.5 Å². The Labute approximate surface area is 137 Å². The molecule has 4 rings (SSSR count). The van der Waals surface area contributed by atoms with Gasteiger partial charge in [-0.2, -0.15) is 0 Å². The molecule has 6 heteroatoms. The fourth-order valence-electron chi connectivity index (χ4n) is 2.41. The molecule has 0 fully saturated rings. The maximum absolute atomic E-state index is 14.0. The maximum atomic E-state index is 14.0. The largest absolute Gasteiger partial charge is 0.253 e. The van der Waals surface area contributed by atoms with Crippen LogP contribution in [0.5, 0.6) is 0 Å².